The van der Waals surface area contributed by atoms with Crippen LogP contribution < -0.4 is 5.32 Å². The Morgan fingerprint density at radius 1 is 1.47 bits per heavy atom. The van der Waals surface area contributed by atoms with Gasteiger partial charge in [0.2, 0.25) is 0 Å². The lowest BCUT2D eigenvalue weighted by Gasteiger charge is -2.24. The van der Waals surface area contributed by atoms with Crippen molar-refractivity contribution in [3.05, 3.63) is 47.8 Å². The number of allylic oxidation sites excluding steroid dienone is 1. The number of aliphatic hydroxyl groups excluding tert-OH is 1. The number of hydrogen-bond donors (Lipinski definition) is 2. The van der Waals surface area contributed by atoms with E-state index in [-0.39, 0.29) is 24.5 Å². The summed E-state index contributed by atoms with van der Waals surface area (Å²) in [5.41, 5.74) is 0.798. The van der Waals surface area contributed by atoms with E-state index < -0.39 is 0 Å². The Labute approximate surface area is 101 Å². The Bertz CT molecular complexity index is 392. The number of halogens is 1. The van der Waals surface area contributed by atoms with Crippen LogP contribution in [0, 0.1) is 5.82 Å². The van der Waals surface area contributed by atoms with Crippen molar-refractivity contribution in [1.82, 2.24) is 5.32 Å². The predicted octanol–water partition coefficient (Wildman–Crippen LogP) is 2.56. The van der Waals surface area contributed by atoms with Gasteiger partial charge in [-0.3, -0.25) is 0 Å². The summed E-state index contributed by atoms with van der Waals surface area (Å²) in [7, 11) is 0. The number of rotatable bonds is 4. The van der Waals surface area contributed by atoms with Crippen LogP contribution >= 0.6 is 0 Å². The Morgan fingerprint density at radius 2 is 2.35 bits per heavy atom. The molecule has 2 N–H and O–H groups in total. The molecule has 17 heavy (non-hydrogen) atoms. The molecule has 0 fully saturated rings. The molecule has 0 bridgehead atoms. The molecule has 1 aliphatic rings. The average molecular weight is 235 g/mol. The minimum absolute atomic E-state index is 0.0200. The second-order valence-electron chi connectivity index (χ2n) is 4.42. The van der Waals surface area contributed by atoms with Gasteiger partial charge in [0.25, 0.3) is 0 Å². The van der Waals surface area contributed by atoms with E-state index in [4.69, 9.17) is 0 Å². The second-order valence-corrected chi connectivity index (χ2v) is 4.42. The van der Waals surface area contributed by atoms with Gasteiger partial charge >= 0.3 is 0 Å². The molecule has 92 valence electrons. The molecule has 0 aliphatic heterocycles. The lowest BCUT2D eigenvalue weighted by Crippen LogP contribution is -2.34. The fourth-order valence-corrected chi connectivity index (χ4v) is 2.19. The minimum atomic E-state index is -0.262. The van der Waals surface area contributed by atoms with Crippen LogP contribution in [0.15, 0.2) is 36.4 Å². The maximum absolute atomic E-state index is 13.1. The van der Waals surface area contributed by atoms with Crippen molar-refractivity contribution in [2.45, 2.75) is 31.3 Å². The van der Waals surface area contributed by atoms with E-state index in [0.717, 1.165) is 24.8 Å². The first kappa shape index (κ1) is 12.3. The molecular weight excluding hydrogens is 217 g/mol. The summed E-state index contributed by atoms with van der Waals surface area (Å²) in [4.78, 5) is 0. The fourth-order valence-electron chi connectivity index (χ4n) is 2.19. The standard InChI is InChI=1S/C14H18FNO/c15-12-6-4-5-11(9-12)14(10-17)16-13-7-2-1-3-8-13/h2,4-7,9,13-14,16-17H,1,3,8,10H2/t13-,14+/m0/s1. The van der Waals surface area contributed by atoms with Crippen molar-refractivity contribution in [3.63, 3.8) is 0 Å². The Morgan fingerprint density at radius 3 is 3.00 bits per heavy atom. The van der Waals surface area contributed by atoms with Gasteiger partial charge in [-0.1, -0.05) is 24.3 Å². The normalized spacial score (nSPS) is 21.4. The average Bonchev–Trinajstić information content (AvgIpc) is 2.37. The topological polar surface area (TPSA) is 32.3 Å². The third-order valence-corrected chi connectivity index (χ3v) is 3.10. The first-order chi connectivity index (χ1) is 8.29. The highest BCUT2D eigenvalue weighted by atomic mass is 19.1. The van der Waals surface area contributed by atoms with Crippen molar-refractivity contribution in [1.29, 1.82) is 0 Å². The molecule has 1 aliphatic carbocycles. The van der Waals surface area contributed by atoms with Crippen LogP contribution in [0.4, 0.5) is 4.39 Å². The maximum atomic E-state index is 13.1. The minimum Gasteiger partial charge on any atom is -0.394 e. The highest BCUT2D eigenvalue weighted by molar-refractivity contribution is 5.21. The van der Waals surface area contributed by atoms with E-state index in [1.54, 1.807) is 6.07 Å². The zero-order valence-corrected chi connectivity index (χ0v) is 9.77. The first-order valence-corrected chi connectivity index (χ1v) is 6.08. The van der Waals surface area contributed by atoms with Crippen LogP contribution in [-0.4, -0.2) is 17.8 Å². The van der Waals surface area contributed by atoms with Gasteiger partial charge in [-0.25, -0.2) is 4.39 Å². The molecule has 1 aromatic rings. The van der Waals surface area contributed by atoms with Gasteiger partial charge in [0.15, 0.2) is 0 Å². The molecule has 0 saturated heterocycles. The summed E-state index contributed by atoms with van der Waals surface area (Å²) in [6, 6.07) is 6.48. The van der Waals surface area contributed by atoms with Crippen molar-refractivity contribution >= 4 is 0 Å². The quantitative estimate of drug-likeness (QED) is 0.786. The van der Waals surface area contributed by atoms with Gasteiger partial charge in [-0.2, -0.15) is 0 Å². The summed E-state index contributed by atoms with van der Waals surface area (Å²) in [6.07, 6.45) is 7.65. The lowest BCUT2D eigenvalue weighted by molar-refractivity contribution is 0.235. The summed E-state index contributed by atoms with van der Waals surface area (Å²) in [5, 5.41) is 12.7. The van der Waals surface area contributed by atoms with E-state index in [1.807, 2.05) is 6.07 Å². The molecule has 0 spiro atoms. The third-order valence-electron chi connectivity index (χ3n) is 3.10. The van der Waals surface area contributed by atoms with Crippen LogP contribution in [0.25, 0.3) is 0 Å². The monoisotopic (exact) mass is 235 g/mol. The van der Waals surface area contributed by atoms with Crippen molar-refractivity contribution in [3.8, 4) is 0 Å². The van der Waals surface area contributed by atoms with Gasteiger partial charge in [0, 0.05) is 6.04 Å². The van der Waals surface area contributed by atoms with Gasteiger partial charge in [0.1, 0.15) is 5.82 Å². The van der Waals surface area contributed by atoms with Crippen LogP contribution in [-0.2, 0) is 0 Å². The fraction of sp³-hybridized carbons (Fsp3) is 0.429. The van der Waals surface area contributed by atoms with Crippen LogP contribution in [0.1, 0.15) is 30.9 Å². The van der Waals surface area contributed by atoms with Gasteiger partial charge in [-0.15, -0.1) is 0 Å². The first-order valence-electron chi connectivity index (χ1n) is 6.08. The van der Waals surface area contributed by atoms with Gasteiger partial charge < -0.3 is 10.4 Å². The van der Waals surface area contributed by atoms with Crippen molar-refractivity contribution in [2.75, 3.05) is 6.61 Å². The maximum Gasteiger partial charge on any atom is 0.123 e. The smallest absolute Gasteiger partial charge is 0.123 e. The van der Waals surface area contributed by atoms with E-state index in [1.165, 1.54) is 12.1 Å². The molecule has 2 rings (SSSR count). The summed E-state index contributed by atoms with van der Waals surface area (Å²) in [5.74, 6) is -0.262. The molecule has 0 aromatic heterocycles. The largest absolute Gasteiger partial charge is 0.394 e. The lowest BCUT2D eigenvalue weighted by atomic mass is 10.00. The molecule has 0 heterocycles. The van der Waals surface area contributed by atoms with E-state index in [2.05, 4.69) is 17.5 Å². The second kappa shape index (κ2) is 5.94. The van der Waals surface area contributed by atoms with Crippen LogP contribution in [0.3, 0.4) is 0 Å². The van der Waals surface area contributed by atoms with E-state index in [9.17, 15) is 9.50 Å². The highest BCUT2D eigenvalue weighted by Gasteiger charge is 2.16. The van der Waals surface area contributed by atoms with E-state index in [0.29, 0.717) is 0 Å². The molecule has 0 unspecified atom stereocenters. The molecule has 2 atom stereocenters. The summed E-state index contributed by atoms with van der Waals surface area (Å²) < 4.78 is 13.1. The Kier molecular flexibility index (Phi) is 4.29. The summed E-state index contributed by atoms with van der Waals surface area (Å²) in [6.45, 7) is -0.0200. The number of nitrogens with one attached hydrogen (secondary N) is 1. The zero-order chi connectivity index (χ0) is 12.1. The SMILES string of the molecule is OC[C@@H](N[C@H]1C=CCCC1)c1cccc(F)c1. The predicted molar refractivity (Wildman–Crippen MR) is 66.1 cm³/mol. The highest BCUT2D eigenvalue weighted by Crippen LogP contribution is 2.18. The van der Waals surface area contributed by atoms with Crippen molar-refractivity contribution < 1.29 is 9.50 Å². The number of aliphatic hydroxyl groups is 1. The molecule has 1 aromatic carbocycles. The summed E-state index contributed by atoms with van der Waals surface area (Å²) >= 11 is 0. The van der Waals surface area contributed by atoms with Gasteiger partial charge in [-0.05, 0) is 37.0 Å². The Hall–Kier alpha value is -1.19. The van der Waals surface area contributed by atoms with Crippen molar-refractivity contribution in [2.24, 2.45) is 0 Å². The molecular formula is C14H18FNO. The number of hydrogen-bond acceptors (Lipinski definition) is 2. The third kappa shape index (κ3) is 3.38. The van der Waals surface area contributed by atoms with Crippen LogP contribution in [0.2, 0.25) is 0 Å². The molecule has 0 saturated carbocycles. The number of benzene rings is 1. The molecule has 0 radical (unpaired) electrons. The van der Waals surface area contributed by atoms with Crippen LogP contribution in [0.5, 0.6) is 0 Å². The van der Waals surface area contributed by atoms with E-state index >= 15 is 0 Å². The van der Waals surface area contributed by atoms with Gasteiger partial charge in [0.05, 0.1) is 12.6 Å². The molecule has 0 amide bonds. The zero-order valence-electron chi connectivity index (χ0n) is 9.77. The molecule has 3 heteroatoms. The Balaban J connectivity index is 2.05. The molecule has 2 nitrogen and oxygen atoms in total.